The summed E-state index contributed by atoms with van der Waals surface area (Å²) in [6.07, 6.45) is 0. The van der Waals surface area contributed by atoms with Crippen molar-refractivity contribution in [2.24, 2.45) is 0 Å². The molecule has 6 heteroatoms. The minimum Gasteiger partial charge on any atom is -0.497 e. The number of sulfonamides is 1. The van der Waals surface area contributed by atoms with E-state index >= 15 is 0 Å². The van der Waals surface area contributed by atoms with Crippen molar-refractivity contribution in [3.05, 3.63) is 54.1 Å². The highest BCUT2D eigenvalue weighted by Gasteiger charge is 2.21. The van der Waals surface area contributed by atoms with Gasteiger partial charge in [0.05, 0.1) is 12.0 Å². The number of nitrogens with zero attached hydrogens (tertiary/aromatic N) is 1. The van der Waals surface area contributed by atoms with Gasteiger partial charge in [0.1, 0.15) is 5.75 Å². The van der Waals surface area contributed by atoms with Gasteiger partial charge in [0.25, 0.3) is 0 Å². The van der Waals surface area contributed by atoms with Gasteiger partial charge in [-0.25, -0.2) is 8.42 Å². The second-order valence-corrected chi connectivity index (χ2v) is 6.68. The van der Waals surface area contributed by atoms with Gasteiger partial charge in [0, 0.05) is 19.3 Å². The molecule has 0 aliphatic rings. The predicted molar refractivity (Wildman–Crippen MR) is 82.5 cm³/mol. The van der Waals surface area contributed by atoms with E-state index in [-0.39, 0.29) is 11.4 Å². The van der Waals surface area contributed by atoms with Crippen LogP contribution >= 0.6 is 0 Å². The third kappa shape index (κ3) is 3.34. The van der Waals surface area contributed by atoms with Crippen LogP contribution < -0.4 is 10.5 Å². The molecule has 0 unspecified atom stereocenters. The van der Waals surface area contributed by atoms with Crippen molar-refractivity contribution >= 4 is 15.7 Å². The first-order chi connectivity index (χ1) is 9.95. The molecule has 0 fully saturated rings. The fourth-order valence-electron chi connectivity index (χ4n) is 1.93. The van der Waals surface area contributed by atoms with Crippen LogP contribution in [-0.4, -0.2) is 26.9 Å². The van der Waals surface area contributed by atoms with Crippen LogP contribution in [0.5, 0.6) is 5.75 Å². The molecule has 0 bridgehead atoms. The average molecular weight is 306 g/mol. The van der Waals surface area contributed by atoms with Gasteiger partial charge in [-0.15, -0.1) is 0 Å². The van der Waals surface area contributed by atoms with Gasteiger partial charge in [-0.3, -0.25) is 0 Å². The maximum Gasteiger partial charge on any atom is 0.243 e. The van der Waals surface area contributed by atoms with Gasteiger partial charge in [-0.2, -0.15) is 4.31 Å². The van der Waals surface area contributed by atoms with Crippen molar-refractivity contribution in [3.8, 4) is 5.75 Å². The molecule has 2 rings (SSSR count). The lowest BCUT2D eigenvalue weighted by Gasteiger charge is -2.18. The van der Waals surface area contributed by atoms with Crippen LogP contribution in [0.25, 0.3) is 0 Å². The topological polar surface area (TPSA) is 72.6 Å². The van der Waals surface area contributed by atoms with Crippen LogP contribution in [-0.2, 0) is 16.6 Å². The van der Waals surface area contributed by atoms with Crippen molar-refractivity contribution in [1.82, 2.24) is 4.31 Å². The summed E-state index contributed by atoms with van der Waals surface area (Å²) in [5, 5.41) is 0. The minimum atomic E-state index is -3.56. The highest BCUT2D eigenvalue weighted by molar-refractivity contribution is 7.89. The van der Waals surface area contributed by atoms with E-state index < -0.39 is 10.0 Å². The first-order valence-corrected chi connectivity index (χ1v) is 7.83. The van der Waals surface area contributed by atoms with Crippen LogP contribution in [0.4, 0.5) is 5.69 Å². The number of ether oxygens (including phenoxy) is 1. The second kappa shape index (κ2) is 6.15. The van der Waals surface area contributed by atoms with Crippen LogP contribution in [0, 0.1) is 0 Å². The minimum absolute atomic E-state index is 0.223. The van der Waals surface area contributed by atoms with Crippen molar-refractivity contribution < 1.29 is 13.2 Å². The molecule has 0 saturated carbocycles. The van der Waals surface area contributed by atoms with Crippen molar-refractivity contribution in [2.75, 3.05) is 19.9 Å². The summed E-state index contributed by atoms with van der Waals surface area (Å²) < 4.78 is 31.3. The Morgan fingerprint density at radius 1 is 1.10 bits per heavy atom. The Morgan fingerprint density at radius 2 is 1.71 bits per heavy atom. The predicted octanol–water partition coefficient (Wildman–Crippen LogP) is 2.10. The zero-order valence-corrected chi connectivity index (χ0v) is 12.8. The van der Waals surface area contributed by atoms with Gasteiger partial charge in [0.15, 0.2) is 0 Å². The summed E-state index contributed by atoms with van der Waals surface area (Å²) in [6, 6.07) is 13.5. The maximum atomic E-state index is 12.5. The third-order valence-electron chi connectivity index (χ3n) is 3.22. The van der Waals surface area contributed by atoms with E-state index in [1.165, 1.54) is 30.6 Å². The molecule has 2 aromatic rings. The van der Waals surface area contributed by atoms with Crippen molar-refractivity contribution in [3.63, 3.8) is 0 Å². The van der Waals surface area contributed by atoms with Gasteiger partial charge in [-0.1, -0.05) is 18.2 Å². The van der Waals surface area contributed by atoms with Crippen molar-refractivity contribution in [1.29, 1.82) is 0 Å². The lowest BCUT2D eigenvalue weighted by molar-refractivity contribution is 0.414. The Morgan fingerprint density at radius 3 is 2.29 bits per heavy atom. The largest absolute Gasteiger partial charge is 0.497 e. The van der Waals surface area contributed by atoms with Gasteiger partial charge in [0.2, 0.25) is 10.0 Å². The Labute approximate surface area is 125 Å². The Bertz CT molecular complexity index is 712. The highest BCUT2D eigenvalue weighted by Crippen LogP contribution is 2.21. The Balaban J connectivity index is 2.24. The molecule has 21 heavy (non-hydrogen) atoms. The summed E-state index contributed by atoms with van der Waals surface area (Å²) in [6.45, 7) is 0.223. The number of para-hydroxylation sites is 1. The summed E-state index contributed by atoms with van der Waals surface area (Å²) in [4.78, 5) is 0.223. The SMILES string of the molecule is COc1ccc(S(=O)(=O)N(C)Cc2ccccc2N)cc1. The van der Waals surface area contributed by atoms with Crippen molar-refractivity contribution in [2.45, 2.75) is 11.4 Å². The monoisotopic (exact) mass is 306 g/mol. The molecule has 2 aromatic carbocycles. The van der Waals surface area contributed by atoms with Gasteiger partial charge < -0.3 is 10.5 Å². The van der Waals surface area contributed by atoms with E-state index in [1.807, 2.05) is 18.2 Å². The smallest absolute Gasteiger partial charge is 0.243 e. The second-order valence-electron chi connectivity index (χ2n) is 4.64. The number of methoxy groups -OCH3 is 1. The first-order valence-electron chi connectivity index (χ1n) is 6.39. The maximum absolute atomic E-state index is 12.5. The fraction of sp³-hybridized carbons (Fsp3) is 0.200. The van der Waals surface area contributed by atoms with Crippen LogP contribution in [0.15, 0.2) is 53.4 Å². The first kappa shape index (κ1) is 15.3. The summed E-state index contributed by atoms with van der Waals surface area (Å²) >= 11 is 0. The van der Waals surface area contributed by atoms with E-state index in [1.54, 1.807) is 18.2 Å². The zero-order valence-electron chi connectivity index (χ0n) is 12.0. The fourth-order valence-corrected chi connectivity index (χ4v) is 3.08. The van der Waals surface area contributed by atoms with Crippen LogP contribution in [0.2, 0.25) is 0 Å². The molecule has 2 N–H and O–H groups in total. The summed E-state index contributed by atoms with van der Waals surface area (Å²) in [7, 11) is -0.487. The quantitative estimate of drug-likeness (QED) is 0.859. The number of anilines is 1. The molecule has 0 spiro atoms. The molecule has 0 atom stereocenters. The number of benzene rings is 2. The number of hydrogen-bond acceptors (Lipinski definition) is 4. The molecule has 5 nitrogen and oxygen atoms in total. The molecule has 0 aliphatic carbocycles. The van der Waals surface area contributed by atoms with E-state index in [2.05, 4.69) is 0 Å². The van der Waals surface area contributed by atoms with Crippen LogP contribution in [0.3, 0.4) is 0 Å². The molecule has 0 aliphatic heterocycles. The normalized spacial score (nSPS) is 11.6. The van der Waals surface area contributed by atoms with E-state index in [9.17, 15) is 8.42 Å². The summed E-state index contributed by atoms with van der Waals surface area (Å²) in [5.41, 5.74) is 7.20. The van der Waals surface area contributed by atoms with E-state index in [0.717, 1.165) is 5.56 Å². The number of nitrogen functional groups attached to an aromatic ring is 1. The lowest BCUT2D eigenvalue weighted by Crippen LogP contribution is -2.26. The van der Waals surface area contributed by atoms with E-state index in [0.29, 0.717) is 11.4 Å². The highest BCUT2D eigenvalue weighted by atomic mass is 32.2. The molecule has 112 valence electrons. The average Bonchev–Trinajstić information content (AvgIpc) is 2.49. The molecular weight excluding hydrogens is 288 g/mol. The van der Waals surface area contributed by atoms with Gasteiger partial charge in [-0.05, 0) is 35.9 Å². The molecule has 0 amide bonds. The molecule has 0 heterocycles. The summed E-state index contributed by atoms with van der Waals surface area (Å²) in [5.74, 6) is 0.615. The third-order valence-corrected chi connectivity index (χ3v) is 5.03. The Kier molecular flexibility index (Phi) is 4.50. The van der Waals surface area contributed by atoms with Crippen LogP contribution in [0.1, 0.15) is 5.56 Å². The number of hydrogen-bond donors (Lipinski definition) is 1. The molecule has 0 saturated heterocycles. The van der Waals surface area contributed by atoms with E-state index in [4.69, 9.17) is 10.5 Å². The molecule has 0 radical (unpaired) electrons. The molecular formula is C15H18N2O3S. The number of rotatable bonds is 5. The zero-order chi connectivity index (χ0) is 15.5. The standard InChI is InChI=1S/C15H18N2O3S/c1-17(11-12-5-3-4-6-15(12)16)21(18,19)14-9-7-13(20-2)8-10-14/h3-10H,11,16H2,1-2H3. The Hall–Kier alpha value is -2.05. The number of nitrogens with two attached hydrogens (primary N) is 1. The lowest BCUT2D eigenvalue weighted by atomic mass is 10.2. The molecule has 0 aromatic heterocycles. The van der Waals surface area contributed by atoms with Gasteiger partial charge >= 0.3 is 0 Å².